The van der Waals surface area contributed by atoms with Gasteiger partial charge in [-0.25, -0.2) is 0 Å². The average Bonchev–Trinajstić information content (AvgIpc) is 2.72. The molecular weight excluding hydrogens is 392 g/mol. The molecule has 9 heteroatoms. The van der Waals surface area contributed by atoms with Gasteiger partial charge in [0.05, 0.1) is 5.75 Å². The largest absolute Gasteiger partial charge is 0.361 e. The molecule has 152 valence electrons. The van der Waals surface area contributed by atoms with Gasteiger partial charge in [-0.05, 0) is 29.8 Å². The second-order valence-corrected chi connectivity index (χ2v) is 7.04. The molecule has 2 aromatic rings. The Bertz CT molecular complexity index is 872. The molecule has 0 aromatic heterocycles. The SMILES string of the molecule is CNC(=O)[C@H](Cc1ccccc1)NC(=O)c1ccc(NC(=O)CSC(N)=O)cc1. The van der Waals surface area contributed by atoms with E-state index in [4.69, 9.17) is 5.73 Å². The van der Waals surface area contributed by atoms with E-state index in [1.165, 1.54) is 19.2 Å². The van der Waals surface area contributed by atoms with Crippen molar-refractivity contribution in [1.82, 2.24) is 10.6 Å². The van der Waals surface area contributed by atoms with Gasteiger partial charge in [0.1, 0.15) is 6.04 Å². The van der Waals surface area contributed by atoms with Gasteiger partial charge in [-0.15, -0.1) is 0 Å². The Labute approximate surface area is 172 Å². The van der Waals surface area contributed by atoms with Crippen LogP contribution in [0.4, 0.5) is 10.5 Å². The van der Waals surface area contributed by atoms with Gasteiger partial charge in [0.2, 0.25) is 11.8 Å². The van der Waals surface area contributed by atoms with E-state index in [1.807, 2.05) is 30.3 Å². The zero-order chi connectivity index (χ0) is 21.2. The molecular formula is C20H22N4O4S. The highest BCUT2D eigenvalue weighted by Crippen LogP contribution is 2.12. The Hall–Kier alpha value is -3.33. The van der Waals surface area contributed by atoms with Crippen LogP contribution >= 0.6 is 11.8 Å². The number of thioether (sulfide) groups is 1. The minimum Gasteiger partial charge on any atom is -0.361 e. The number of nitrogens with one attached hydrogen (secondary N) is 3. The molecule has 0 unspecified atom stereocenters. The van der Waals surface area contributed by atoms with Crippen molar-refractivity contribution in [2.45, 2.75) is 12.5 Å². The average molecular weight is 414 g/mol. The summed E-state index contributed by atoms with van der Waals surface area (Å²) in [5.41, 5.74) is 6.72. The van der Waals surface area contributed by atoms with E-state index in [-0.39, 0.29) is 17.6 Å². The number of hydrogen-bond acceptors (Lipinski definition) is 5. The van der Waals surface area contributed by atoms with Gasteiger partial charge in [0, 0.05) is 24.7 Å². The van der Waals surface area contributed by atoms with E-state index < -0.39 is 17.2 Å². The number of primary amides is 1. The van der Waals surface area contributed by atoms with Crippen LogP contribution in [0, 0.1) is 0 Å². The second kappa shape index (κ2) is 10.9. The van der Waals surface area contributed by atoms with E-state index in [1.54, 1.807) is 12.1 Å². The van der Waals surface area contributed by atoms with Crippen LogP contribution in [0.5, 0.6) is 0 Å². The zero-order valence-corrected chi connectivity index (χ0v) is 16.6. The van der Waals surface area contributed by atoms with Crippen LogP contribution in [0.1, 0.15) is 15.9 Å². The monoisotopic (exact) mass is 414 g/mol. The van der Waals surface area contributed by atoms with Crippen molar-refractivity contribution in [2.75, 3.05) is 18.1 Å². The minimum atomic E-state index is -0.722. The number of benzene rings is 2. The summed E-state index contributed by atoms with van der Waals surface area (Å²) in [7, 11) is 1.51. The highest BCUT2D eigenvalue weighted by Gasteiger charge is 2.21. The minimum absolute atomic E-state index is 0.0924. The van der Waals surface area contributed by atoms with Gasteiger partial charge < -0.3 is 21.7 Å². The topological polar surface area (TPSA) is 130 Å². The summed E-state index contributed by atoms with van der Waals surface area (Å²) < 4.78 is 0. The van der Waals surface area contributed by atoms with E-state index >= 15 is 0 Å². The number of carbonyl (C=O) groups is 4. The fraction of sp³-hybridized carbons (Fsp3) is 0.200. The predicted molar refractivity (Wildman–Crippen MR) is 113 cm³/mol. The van der Waals surface area contributed by atoms with E-state index in [9.17, 15) is 19.2 Å². The molecule has 0 fully saturated rings. The number of amides is 4. The lowest BCUT2D eigenvalue weighted by Crippen LogP contribution is -2.47. The maximum atomic E-state index is 12.5. The molecule has 0 bridgehead atoms. The van der Waals surface area contributed by atoms with Crippen molar-refractivity contribution in [3.05, 3.63) is 65.7 Å². The number of likely N-dealkylation sites (N-methyl/N-ethyl adjacent to an activating group) is 1. The van der Waals surface area contributed by atoms with Crippen molar-refractivity contribution < 1.29 is 19.2 Å². The first-order chi connectivity index (χ1) is 13.9. The van der Waals surface area contributed by atoms with Crippen molar-refractivity contribution in [1.29, 1.82) is 0 Å². The lowest BCUT2D eigenvalue weighted by atomic mass is 10.0. The molecule has 0 aliphatic heterocycles. The third-order valence-corrected chi connectivity index (χ3v) is 4.62. The molecule has 1 atom stereocenters. The van der Waals surface area contributed by atoms with Gasteiger partial charge in [-0.3, -0.25) is 19.2 Å². The Morgan fingerprint density at radius 2 is 1.66 bits per heavy atom. The van der Waals surface area contributed by atoms with Gasteiger partial charge in [-0.2, -0.15) is 0 Å². The molecule has 0 saturated heterocycles. The number of carbonyl (C=O) groups excluding carboxylic acids is 4. The van der Waals surface area contributed by atoms with Crippen LogP contribution in [0.3, 0.4) is 0 Å². The van der Waals surface area contributed by atoms with Crippen molar-refractivity contribution in [2.24, 2.45) is 5.73 Å². The summed E-state index contributed by atoms with van der Waals surface area (Å²) in [6.45, 7) is 0. The van der Waals surface area contributed by atoms with E-state index in [0.717, 1.165) is 5.56 Å². The third kappa shape index (κ3) is 7.30. The molecule has 0 saturated carbocycles. The standard InChI is InChI=1S/C20H22N4O4S/c1-22-19(27)16(11-13-5-3-2-4-6-13)24-18(26)14-7-9-15(10-8-14)23-17(25)12-29-20(21)28/h2-10,16H,11-12H2,1H3,(H2,21,28)(H,22,27)(H,23,25)(H,24,26)/t16-/m0/s1. The highest BCUT2D eigenvalue weighted by atomic mass is 32.2. The number of anilines is 1. The molecule has 0 aliphatic carbocycles. The molecule has 2 rings (SSSR count). The van der Waals surface area contributed by atoms with Crippen LogP contribution in [0.25, 0.3) is 0 Å². The molecule has 0 spiro atoms. The van der Waals surface area contributed by atoms with Crippen LogP contribution in [-0.4, -0.2) is 41.8 Å². The van der Waals surface area contributed by atoms with E-state index in [0.29, 0.717) is 29.4 Å². The second-order valence-electron chi connectivity index (χ2n) is 6.06. The Balaban J connectivity index is 1.99. The van der Waals surface area contributed by atoms with E-state index in [2.05, 4.69) is 16.0 Å². The number of hydrogen-bond donors (Lipinski definition) is 4. The Morgan fingerprint density at radius 1 is 1.00 bits per heavy atom. The number of rotatable bonds is 8. The van der Waals surface area contributed by atoms with Crippen LogP contribution < -0.4 is 21.7 Å². The van der Waals surface area contributed by atoms with Crippen LogP contribution in [0.15, 0.2) is 54.6 Å². The fourth-order valence-electron chi connectivity index (χ4n) is 2.51. The van der Waals surface area contributed by atoms with Gasteiger partial charge in [-0.1, -0.05) is 42.1 Å². The maximum Gasteiger partial charge on any atom is 0.276 e. The van der Waals surface area contributed by atoms with Gasteiger partial charge >= 0.3 is 0 Å². The predicted octanol–water partition coefficient (Wildman–Crippen LogP) is 1.52. The quantitative estimate of drug-likeness (QED) is 0.520. The highest BCUT2D eigenvalue weighted by molar-refractivity contribution is 8.14. The molecule has 0 heterocycles. The third-order valence-electron chi connectivity index (χ3n) is 3.93. The van der Waals surface area contributed by atoms with Crippen molar-refractivity contribution >= 4 is 40.4 Å². The summed E-state index contributed by atoms with van der Waals surface area (Å²) in [5, 5.41) is 7.26. The van der Waals surface area contributed by atoms with Gasteiger partial charge in [0.25, 0.3) is 11.1 Å². The summed E-state index contributed by atoms with van der Waals surface area (Å²) in [6.07, 6.45) is 0.359. The lowest BCUT2D eigenvalue weighted by Gasteiger charge is -2.17. The zero-order valence-electron chi connectivity index (χ0n) is 15.8. The van der Waals surface area contributed by atoms with Crippen LogP contribution in [0.2, 0.25) is 0 Å². The summed E-state index contributed by atoms with van der Waals surface area (Å²) in [6, 6.07) is 14.9. The molecule has 0 aliphatic rings. The smallest absolute Gasteiger partial charge is 0.276 e. The summed E-state index contributed by atoms with van der Waals surface area (Å²) in [5.74, 6) is -1.17. The molecule has 5 N–H and O–H groups in total. The number of nitrogens with two attached hydrogens (primary N) is 1. The van der Waals surface area contributed by atoms with Crippen molar-refractivity contribution in [3.63, 3.8) is 0 Å². The van der Waals surface area contributed by atoms with Crippen LogP contribution in [-0.2, 0) is 16.0 Å². The first-order valence-corrected chi connectivity index (χ1v) is 9.76. The fourth-order valence-corrected chi connectivity index (χ4v) is 2.86. The molecule has 4 amide bonds. The Morgan fingerprint density at radius 3 is 2.24 bits per heavy atom. The molecule has 2 aromatic carbocycles. The first-order valence-electron chi connectivity index (χ1n) is 8.77. The molecule has 8 nitrogen and oxygen atoms in total. The van der Waals surface area contributed by atoms with Crippen molar-refractivity contribution in [3.8, 4) is 0 Å². The Kier molecular flexibility index (Phi) is 8.23. The maximum absolute atomic E-state index is 12.5. The lowest BCUT2D eigenvalue weighted by molar-refractivity contribution is -0.122. The first kappa shape index (κ1) is 22.0. The summed E-state index contributed by atoms with van der Waals surface area (Å²) >= 11 is 0.704. The molecule has 0 radical (unpaired) electrons. The normalized spacial score (nSPS) is 11.2. The van der Waals surface area contributed by atoms with Gasteiger partial charge in [0.15, 0.2) is 0 Å². The summed E-state index contributed by atoms with van der Waals surface area (Å²) in [4.78, 5) is 47.1. The molecule has 29 heavy (non-hydrogen) atoms.